The van der Waals surface area contributed by atoms with Gasteiger partial charge in [-0.05, 0) is 53.4 Å². The number of carbonyl (C=O) groups is 4. The molecular formula is C25H38N3O6W-. The summed E-state index contributed by atoms with van der Waals surface area (Å²) in [4.78, 5) is 53.4. The predicted octanol–water partition coefficient (Wildman–Crippen LogP) is 2.64. The topological polar surface area (TPSA) is 114 Å². The van der Waals surface area contributed by atoms with E-state index in [0.717, 1.165) is 25.7 Å². The first kappa shape index (κ1) is 29.3. The molecule has 0 bridgehead atoms. The molecule has 3 aliphatic rings. The molecule has 0 aromatic rings. The minimum Gasteiger partial charge on any atom is -0.464 e. The Morgan fingerprint density at radius 2 is 2.00 bits per heavy atom. The molecule has 10 heteroatoms. The Bertz CT molecular complexity index is 827. The first-order chi connectivity index (χ1) is 16.1. The van der Waals surface area contributed by atoms with Crippen LogP contribution in [0.2, 0.25) is 0 Å². The summed E-state index contributed by atoms with van der Waals surface area (Å²) in [6, 6.07) is -1.53. The molecule has 2 aliphatic heterocycles. The average Bonchev–Trinajstić information content (AvgIpc) is 3.21. The number of nitrogens with zero attached hydrogens (tertiary/aromatic N) is 1. The molecule has 1 saturated heterocycles. The van der Waals surface area contributed by atoms with Gasteiger partial charge in [0.1, 0.15) is 17.2 Å². The Hall–Kier alpha value is -1.89. The number of allylic oxidation sites excluding steroid dienone is 1. The maximum atomic E-state index is 13.5. The van der Waals surface area contributed by atoms with Crippen molar-refractivity contribution in [3.8, 4) is 0 Å². The minimum absolute atomic E-state index is 0. The van der Waals surface area contributed by atoms with E-state index in [1.54, 1.807) is 27.7 Å². The van der Waals surface area contributed by atoms with Gasteiger partial charge >= 0.3 is 12.1 Å². The summed E-state index contributed by atoms with van der Waals surface area (Å²) < 4.78 is 10.6. The van der Waals surface area contributed by atoms with Gasteiger partial charge in [0.2, 0.25) is 11.8 Å². The third-order valence-electron chi connectivity index (χ3n) is 6.40. The van der Waals surface area contributed by atoms with Crippen molar-refractivity contribution in [1.82, 2.24) is 15.5 Å². The maximum Gasteiger partial charge on any atom is 0.408 e. The van der Waals surface area contributed by atoms with Crippen LogP contribution in [-0.4, -0.2) is 65.2 Å². The van der Waals surface area contributed by atoms with Gasteiger partial charge in [-0.1, -0.05) is 25.0 Å². The van der Waals surface area contributed by atoms with E-state index in [-0.39, 0.29) is 45.4 Å². The fourth-order valence-electron chi connectivity index (χ4n) is 4.59. The molecule has 3 amide bonds. The molecule has 1 aliphatic carbocycles. The number of rotatable bonds is 3. The Morgan fingerprint density at radius 3 is 2.69 bits per heavy atom. The average molecular weight is 660 g/mol. The van der Waals surface area contributed by atoms with Crippen molar-refractivity contribution in [2.24, 2.45) is 5.92 Å². The van der Waals surface area contributed by atoms with Gasteiger partial charge < -0.3 is 31.4 Å². The van der Waals surface area contributed by atoms with Crippen LogP contribution in [0, 0.1) is 12.3 Å². The smallest absolute Gasteiger partial charge is 0.408 e. The summed E-state index contributed by atoms with van der Waals surface area (Å²) in [6.07, 6.45) is 10.0. The molecule has 0 radical (unpaired) electrons. The summed E-state index contributed by atoms with van der Waals surface area (Å²) >= 11 is 0. The van der Waals surface area contributed by atoms with Gasteiger partial charge in [-0.25, -0.2) is 9.59 Å². The molecule has 0 aromatic heterocycles. The van der Waals surface area contributed by atoms with E-state index in [2.05, 4.69) is 16.7 Å². The molecule has 2 heterocycles. The number of fused-ring (bicyclic) bond motifs is 2. The van der Waals surface area contributed by atoms with Crippen molar-refractivity contribution in [2.75, 3.05) is 13.2 Å². The molecule has 35 heavy (non-hydrogen) atoms. The normalized spacial score (nSPS) is 30.3. The number of amides is 3. The first-order valence-electron chi connectivity index (χ1n) is 12.3. The van der Waals surface area contributed by atoms with E-state index in [9.17, 15) is 19.2 Å². The summed E-state index contributed by atoms with van der Waals surface area (Å²) in [5.41, 5.74) is -1.76. The number of hydrogen-bond donors (Lipinski definition) is 2. The van der Waals surface area contributed by atoms with E-state index in [1.165, 1.54) is 4.90 Å². The molecule has 1 saturated carbocycles. The molecule has 2 N–H and O–H groups in total. The Balaban J connectivity index is 0.00000432. The van der Waals surface area contributed by atoms with Crippen LogP contribution in [0.1, 0.15) is 72.6 Å². The number of carbonyl (C=O) groups excluding carboxylic acids is 4. The zero-order chi connectivity index (χ0) is 24.9. The third kappa shape index (κ3) is 7.55. The number of esters is 1. The molecule has 0 spiro atoms. The number of ether oxygens (including phenoxy) is 2. The van der Waals surface area contributed by atoms with Crippen LogP contribution >= 0.6 is 0 Å². The summed E-state index contributed by atoms with van der Waals surface area (Å²) in [6.45, 7) is 7.56. The van der Waals surface area contributed by atoms with Gasteiger partial charge in [-0.15, -0.1) is 13.0 Å². The summed E-state index contributed by atoms with van der Waals surface area (Å²) in [5.74, 6) is -1.24. The molecule has 196 valence electrons. The number of hydrogen-bond acceptors (Lipinski definition) is 6. The zero-order valence-electron chi connectivity index (χ0n) is 21.1. The van der Waals surface area contributed by atoms with Crippen molar-refractivity contribution >= 4 is 23.9 Å². The van der Waals surface area contributed by atoms with Gasteiger partial charge in [0.05, 0.1) is 12.6 Å². The van der Waals surface area contributed by atoms with Gasteiger partial charge in [0, 0.05) is 27.0 Å². The molecule has 3 rings (SSSR count). The predicted molar refractivity (Wildman–Crippen MR) is 125 cm³/mol. The van der Waals surface area contributed by atoms with Crippen molar-refractivity contribution in [1.29, 1.82) is 0 Å². The summed E-state index contributed by atoms with van der Waals surface area (Å²) in [5, 5.41) is 5.63. The second kappa shape index (κ2) is 12.4. The van der Waals surface area contributed by atoms with Crippen molar-refractivity contribution in [2.45, 2.75) is 95.9 Å². The van der Waals surface area contributed by atoms with Crippen LogP contribution in [-0.2, 0) is 44.9 Å². The van der Waals surface area contributed by atoms with Crippen LogP contribution < -0.4 is 10.6 Å². The van der Waals surface area contributed by atoms with Crippen LogP contribution in [0.3, 0.4) is 0 Å². The Morgan fingerprint density at radius 1 is 1.26 bits per heavy atom. The van der Waals surface area contributed by atoms with Crippen molar-refractivity contribution in [3.63, 3.8) is 0 Å². The number of nitrogens with one attached hydrogen (secondary N) is 2. The fraction of sp³-hybridized carbons (Fsp3) is 0.720. The fourth-order valence-corrected chi connectivity index (χ4v) is 4.59. The van der Waals surface area contributed by atoms with Crippen LogP contribution in [0.15, 0.2) is 12.2 Å². The van der Waals surface area contributed by atoms with E-state index >= 15 is 0 Å². The molecule has 9 nitrogen and oxygen atoms in total. The first-order valence-corrected chi connectivity index (χ1v) is 12.3. The third-order valence-corrected chi connectivity index (χ3v) is 6.40. The SMILES string of the molecule is CCOC(=O)[C@@]12C[C@@H]1/C=C\CCCCC[C@H](NC(=O)OC(C)(C)C)C(=O)N1C[CH-]C[C@H]1C(=O)N2.[W]. The van der Waals surface area contributed by atoms with Gasteiger partial charge in [0.25, 0.3) is 0 Å². The molecule has 0 unspecified atom stereocenters. The van der Waals surface area contributed by atoms with E-state index in [1.807, 2.05) is 12.5 Å². The second-order valence-electron chi connectivity index (χ2n) is 10.3. The van der Waals surface area contributed by atoms with E-state index in [4.69, 9.17) is 9.47 Å². The zero-order valence-corrected chi connectivity index (χ0v) is 24.1. The monoisotopic (exact) mass is 660 g/mol. The maximum absolute atomic E-state index is 13.5. The molecular weight excluding hydrogens is 622 g/mol. The molecule has 0 aromatic carbocycles. The standard InChI is InChI=1S/C25H38N3O6.W/c1-5-33-22(31)25-16-17(25)12-9-7-6-8-10-13-18(26-23(32)34-24(2,3)4)21(30)28-15-11-14-19(28)20(29)27-25;/h9,11-12,17-19H,5-8,10,13-16H2,1-4H3,(H,26,32)(H,27,29);/q-1;/b12-9-;/t17-,18-,19-,25+;/m0./s1. The Labute approximate surface area is 222 Å². The summed E-state index contributed by atoms with van der Waals surface area (Å²) in [7, 11) is 0. The number of alkyl carbamates (subject to hydrolysis) is 1. The van der Waals surface area contributed by atoms with Crippen LogP contribution in [0.5, 0.6) is 0 Å². The van der Waals surface area contributed by atoms with Crippen LogP contribution in [0.4, 0.5) is 4.79 Å². The second-order valence-corrected chi connectivity index (χ2v) is 10.3. The van der Waals surface area contributed by atoms with Crippen LogP contribution in [0.25, 0.3) is 0 Å². The van der Waals surface area contributed by atoms with Gasteiger partial charge in [-0.2, -0.15) is 0 Å². The van der Waals surface area contributed by atoms with Crippen molar-refractivity contribution in [3.05, 3.63) is 18.6 Å². The van der Waals surface area contributed by atoms with E-state index < -0.39 is 35.3 Å². The quantitative estimate of drug-likeness (QED) is 0.274. The molecule has 4 atom stereocenters. The molecule has 2 fully saturated rings. The Kier molecular flexibility index (Phi) is 10.4. The minimum atomic E-state index is -1.07. The van der Waals surface area contributed by atoms with Gasteiger partial charge in [-0.3, -0.25) is 9.59 Å². The van der Waals surface area contributed by atoms with Crippen molar-refractivity contribution < 1.29 is 49.7 Å². The van der Waals surface area contributed by atoms with E-state index in [0.29, 0.717) is 25.8 Å². The largest absolute Gasteiger partial charge is 0.464 e. The van der Waals surface area contributed by atoms with Gasteiger partial charge in [0.15, 0.2) is 0 Å².